The first-order chi connectivity index (χ1) is 9.77. The summed E-state index contributed by atoms with van der Waals surface area (Å²) >= 11 is 0. The molecule has 1 aromatic rings. The van der Waals surface area contributed by atoms with Crippen LogP contribution in [0.2, 0.25) is 0 Å². The molecule has 0 fully saturated rings. The van der Waals surface area contributed by atoms with Crippen molar-refractivity contribution in [2.45, 2.75) is 24.7 Å². The molecule has 0 bridgehead atoms. The van der Waals surface area contributed by atoms with Gasteiger partial charge in [0.05, 0.1) is 22.9 Å². The Morgan fingerprint density at radius 1 is 1.33 bits per heavy atom. The fourth-order valence-corrected chi connectivity index (χ4v) is 3.25. The number of nitrogens with two attached hydrogens (primary N) is 1. The van der Waals surface area contributed by atoms with Crippen molar-refractivity contribution < 1.29 is 17.9 Å². The van der Waals surface area contributed by atoms with Crippen LogP contribution in [0, 0.1) is 0 Å². The maximum absolute atomic E-state index is 12.3. The van der Waals surface area contributed by atoms with Gasteiger partial charge in [-0.3, -0.25) is 4.79 Å². The van der Waals surface area contributed by atoms with Crippen molar-refractivity contribution in [1.29, 1.82) is 0 Å². The summed E-state index contributed by atoms with van der Waals surface area (Å²) in [4.78, 5) is 13.0. The minimum absolute atomic E-state index is 0.0609. The van der Waals surface area contributed by atoms with Crippen molar-refractivity contribution in [3.05, 3.63) is 18.2 Å². The second kappa shape index (κ2) is 7.31. The standard InChI is InChI=1S/C14H22N2O4S/c1-4-20-11-7-8-12(15)13(10-11)21(18,19)9-5-6-14(17)16(2)3/h7-8,10H,4-6,9,15H2,1-3H3. The number of nitrogen functional groups attached to an aromatic ring is 1. The van der Waals surface area contributed by atoms with Gasteiger partial charge in [-0.25, -0.2) is 8.42 Å². The smallest absolute Gasteiger partial charge is 0.222 e. The number of hydrogen-bond donors (Lipinski definition) is 1. The molecule has 0 heterocycles. The number of ether oxygens (including phenoxy) is 1. The first kappa shape index (κ1) is 17.3. The van der Waals surface area contributed by atoms with Gasteiger partial charge in [0, 0.05) is 26.6 Å². The van der Waals surface area contributed by atoms with Crippen molar-refractivity contribution in [1.82, 2.24) is 4.90 Å². The Kier molecular flexibility index (Phi) is 6.02. The molecule has 0 saturated carbocycles. The number of nitrogens with zero attached hydrogens (tertiary/aromatic N) is 1. The minimum atomic E-state index is -3.53. The molecule has 0 aromatic heterocycles. The van der Waals surface area contributed by atoms with Crippen LogP contribution in [-0.2, 0) is 14.6 Å². The van der Waals surface area contributed by atoms with Gasteiger partial charge in [-0.05, 0) is 25.5 Å². The van der Waals surface area contributed by atoms with Gasteiger partial charge in [0.2, 0.25) is 5.91 Å². The van der Waals surface area contributed by atoms with E-state index >= 15 is 0 Å². The lowest BCUT2D eigenvalue weighted by Crippen LogP contribution is -2.22. The van der Waals surface area contributed by atoms with Gasteiger partial charge in [-0.1, -0.05) is 0 Å². The number of benzene rings is 1. The number of anilines is 1. The van der Waals surface area contributed by atoms with E-state index in [9.17, 15) is 13.2 Å². The molecule has 0 aliphatic heterocycles. The van der Waals surface area contributed by atoms with E-state index in [4.69, 9.17) is 10.5 Å². The van der Waals surface area contributed by atoms with E-state index in [2.05, 4.69) is 0 Å². The number of carbonyl (C=O) groups excluding carboxylic acids is 1. The van der Waals surface area contributed by atoms with Crippen molar-refractivity contribution in [3.8, 4) is 5.75 Å². The molecule has 1 rings (SSSR count). The van der Waals surface area contributed by atoms with Gasteiger partial charge < -0.3 is 15.4 Å². The third-order valence-electron chi connectivity index (χ3n) is 2.93. The second-order valence-corrected chi connectivity index (χ2v) is 6.92. The Hall–Kier alpha value is -1.76. The Morgan fingerprint density at radius 3 is 2.57 bits per heavy atom. The van der Waals surface area contributed by atoms with E-state index in [1.807, 2.05) is 6.92 Å². The topological polar surface area (TPSA) is 89.7 Å². The van der Waals surface area contributed by atoms with Crippen LogP contribution in [0.3, 0.4) is 0 Å². The van der Waals surface area contributed by atoms with Crippen LogP contribution < -0.4 is 10.5 Å². The molecule has 0 aliphatic rings. The van der Waals surface area contributed by atoms with Crippen LogP contribution in [0.1, 0.15) is 19.8 Å². The van der Waals surface area contributed by atoms with Gasteiger partial charge in [0.15, 0.2) is 9.84 Å². The predicted molar refractivity (Wildman–Crippen MR) is 82.0 cm³/mol. The normalized spacial score (nSPS) is 11.2. The van der Waals surface area contributed by atoms with E-state index in [-0.39, 0.29) is 35.1 Å². The first-order valence-electron chi connectivity index (χ1n) is 6.73. The van der Waals surface area contributed by atoms with Gasteiger partial charge >= 0.3 is 0 Å². The van der Waals surface area contributed by atoms with Crippen LogP contribution in [-0.4, -0.2) is 45.7 Å². The molecular formula is C14H22N2O4S. The largest absolute Gasteiger partial charge is 0.494 e. The lowest BCUT2D eigenvalue weighted by molar-refractivity contribution is -0.128. The van der Waals surface area contributed by atoms with Crippen LogP contribution in [0.5, 0.6) is 5.75 Å². The summed E-state index contributed by atoms with van der Waals surface area (Å²) in [7, 11) is -0.250. The van der Waals surface area contributed by atoms with E-state index in [1.165, 1.54) is 17.0 Å². The molecule has 2 N–H and O–H groups in total. The lowest BCUT2D eigenvalue weighted by atomic mass is 10.3. The van der Waals surface area contributed by atoms with Gasteiger partial charge in [0.25, 0.3) is 0 Å². The Labute approximate surface area is 125 Å². The number of amides is 1. The number of carbonyl (C=O) groups is 1. The van der Waals surface area contributed by atoms with Crippen LogP contribution in [0.4, 0.5) is 5.69 Å². The SMILES string of the molecule is CCOc1ccc(N)c(S(=O)(=O)CCCC(=O)N(C)C)c1. The van der Waals surface area contributed by atoms with Crippen LogP contribution in [0.25, 0.3) is 0 Å². The summed E-state index contributed by atoms with van der Waals surface area (Å²) in [5, 5.41) is 0. The van der Waals surface area contributed by atoms with Gasteiger partial charge in [-0.2, -0.15) is 0 Å². The summed E-state index contributed by atoms with van der Waals surface area (Å²) in [6.45, 7) is 2.26. The summed E-state index contributed by atoms with van der Waals surface area (Å²) in [5.74, 6) is 0.252. The van der Waals surface area contributed by atoms with E-state index < -0.39 is 9.84 Å². The van der Waals surface area contributed by atoms with Crippen molar-refractivity contribution in [2.75, 3.05) is 32.2 Å². The molecule has 0 spiro atoms. The second-order valence-electron chi connectivity index (χ2n) is 4.84. The number of hydrogen-bond acceptors (Lipinski definition) is 5. The molecule has 1 amide bonds. The predicted octanol–water partition coefficient (Wildman–Crippen LogP) is 1.31. The maximum atomic E-state index is 12.3. The average Bonchev–Trinajstić information content (AvgIpc) is 2.40. The van der Waals surface area contributed by atoms with Crippen LogP contribution >= 0.6 is 0 Å². The highest BCUT2D eigenvalue weighted by Crippen LogP contribution is 2.25. The first-order valence-corrected chi connectivity index (χ1v) is 8.38. The van der Waals surface area contributed by atoms with Gasteiger partial charge in [0.1, 0.15) is 5.75 Å². The molecule has 0 radical (unpaired) electrons. The zero-order valence-corrected chi connectivity index (χ0v) is 13.4. The molecule has 21 heavy (non-hydrogen) atoms. The van der Waals surface area contributed by atoms with Crippen molar-refractivity contribution in [3.63, 3.8) is 0 Å². The minimum Gasteiger partial charge on any atom is -0.494 e. The highest BCUT2D eigenvalue weighted by molar-refractivity contribution is 7.91. The Balaban J connectivity index is 2.82. The highest BCUT2D eigenvalue weighted by Gasteiger charge is 2.19. The molecule has 0 saturated heterocycles. The molecule has 118 valence electrons. The molecule has 0 aliphatic carbocycles. The summed E-state index contributed by atoms with van der Waals surface area (Å²) in [5.41, 5.74) is 5.93. The maximum Gasteiger partial charge on any atom is 0.222 e. The molecule has 6 nitrogen and oxygen atoms in total. The third kappa shape index (κ3) is 4.93. The molecule has 0 atom stereocenters. The summed E-state index contributed by atoms with van der Waals surface area (Å²) in [6, 6.07) is 4.58. The summed E-state index contributed by atoms with van der Waals surface area (Å²) < 4.78 is 29.9. The van der Waals surface area contributed by atoms with E-state index in [0.717, 1.165) is 0 Å². The molecule has 0 unspecified atom stereocenters. The highest BCUT2D eigenvalue weighted by atomic mass is 32.2. The van der Waals surface area contributed by atoms with Gasteiger partial charge in [-0.15, -0.1) is 0 Å². The van der Waals surface area contributed by atoms with E-state index in [0.29, 0.717) is 12.4 Å². The zero-order valence-electron chi connectivity index (χ0n) is 12.6. The monoisotopic (exact) mass is 314 g/mol. The fourth-order valence-electron chi connectivity index (χ4n) is 1.79. The zero-order chi connectivity index (χ0) is 16.0. The molecule has 7 heteroatoms. The summed E-state index contributed by atoms with van der Waals surface area (Å²) in [6.07, 6.45) is 0.453. The van der Waals surface area contributed by atoms with Crippen LogP contribution in [0.15, 0.2) is 23.1 Å². The third-order valence-corrected chi connectivity index (χ3v) is 4.78. The average molecular weight is 314 g/mol. The number of rotatable bonds is 7. The molecular weight excluding hydrogens is 292 g/mol. The lowest BCUT2D eigenvalue weighted by Gasteiger charge is -2.12. The molecule has 1 aromatic carbocycles. The van der Waals surface area contributed by atoms with E-state index in [1.54, 1.807) is 20.2 Å². The quantitative estimate of drug-likeness (QED) is 0.766. The number of sulfone groups is 1. The van der Waals surface area contributed by atoms with Crippen molar-refractivity contribution in [2.24, 2.45) is 0 Å². The Bertz CT molecular complexity index is 597. The fraction of sp³-hybridized carbons (Fsp3) is 0.500. The van der Waals surface area contributed by atoms with Crippen molar-refractivity contribution >= 4 is 21.4 Å². The Morgan fingerprint density at radius 2 is 2.00 bits per heavy atom.